The van der Waals surface area contributed by atoms with Crippen LogP contribution in [0.5, 0.6) is 0 Å². The Kier molecular flexibility index (Phi) is 4.13. The van der Waals surface area contributed by atoms with E-state index in [0.29, 0.717) is 0 Å². The highest BCUT2D eigenvalue weighted by Crippen LogP contribution is 2.25. The first-order valence-corrected chi connectivity index (χ1v) is 7.73. The maximum Gasteiger partial charge on any atom is 0.326 e. The summed E-state index contributed by atoms with van der Waals surface area (Å²) < 4.78 is 0. The van der Waals surface area contributed by atoms with Crippen LogP contribution in [0.25, 0.3) is 10.9 Å². The molecule has 1 aliphatic carbocycles. The maximum atomic E-state index is 12.2. The number of H-pyrrole nitrogens is 1. The average molecular weight is 300 g/mol. The fraction of sp³-hybridized carbons (Fsp3) is 0.412. The van der Waals surface area contributed by atoms with Gasteiger partial charge in [0.1, 0.15) is 6.04 Å². The van der Waals surface area contributed by atoms with Crippen LogP contribution in [0.2, 0.25) is 0 Å². The van der Waals surface area contributed by atoms with Crippen LogP contribution < -0.4 is 5.32 Å². The van der Waals surface area contributed by atoms with E-state index in [0.717, 1.165) is 42.1 Å². The molecule has 1 fully saturated rings. The standard InChI is InChI=1S/C17H20N2O3/c20-16(11-5-1-2-6-11)19-15(17(21)22)9-12-10-18-14-8-4-3-7-13(12)14/h3-4,7-8,10-11,15,18H,1-2,5-6,9H2,(H,19,20)(H,21,22)/t15-/m0/s1. The second-order valence-corrected chi connectivity index (χ2v) is 5.94. The van der Waals surface area contributed by atoms with Gasteiger partial charge in [-0.2, -0.15) is 0 Å². The van der Waals surface area contributed by atoms with E-state index in [-0.39, 0.29) is 18.2 Å². The topological polar surface area (TPSA) is 82.2 Å². The van der Waals surface area contributed by atoms with E-state index in [1.54, 1.807) is 0 Å². The number of benzene rings is 1. The third kappa shape index (κ3) is 2.98. The Morgan fingerprint density at radius 3 is 2.73 bits per heavy atom. The monoisotopic (exact) mass is 300 g/mol. The first-order valence-electron chi connectivity index (χ1n) is 7.73. The molecule has 1 aromatic heterocycles. The fourth-order valence-corrected chi connectivity index (χ4v) is 3.20. The van der Waals surface area contributed by atoms with Gasteiger partial charge in [0.05, 0.1) is 0 Å². The Balaban J connectivity index is 1.74. The van der Waals surface area contributed by atoms with Crippen molar-refractivity contribution in [2.75, 3.05) is 0 Å². The highest BCUT2D eigenvalue weighted by molar-refractivity contribution is 5.87. The molecule has 3 rings (SSSR count). The van der Waals surface area contributed by atoms with E-state index < -0.39 is 12.0 Å². The number of carbonyl (C=O) groups excluding carboxylic acids is 1. The van der Waals surface area contributed by atoms with Gasteiger partial charge in [0, 0.05) is 29.4 Å². The number of hydrogen-bond acceptors (Lipinski definition) is 2. The third-order valence-electron chi connectivity index (χ3n) is 4.44. The maximum absolute atomic E-state index is 12.2. The van der Waals surface area contributed by atoms with E-state index in [1.165, 1.54) is 0 Å². The number of fused-ring (bicyclic) bond motifs is 1. The van der Waals surface area contributed by atoms with E-state index in [1.807, 2.05) is 30.5 Å². The van der Waals surface area contributed by atoms with Crippen LogP contribution in [0.1, 0.15) is 31.2 Å². The summed E-state index contributed by atoms with van der Waals surface area (Å²) >= 11 is 0. The second kappa shape index (κ2) is 6.22. The minimum atomic E-state index is -0.989. The number of amides is 1. The summed E-state index contributed by atoms with van der Waals surface area (Å²) in [6, 6.07) is 6.88. The number of rotatable bonds is 5. The van der Waals surface area contributed by atoms with Gasteiger partial charge in [-0.1, -0.05) is 31.0 Å². The number of para-hydroxylation sites is 1. The Morgan fingerprint density at radius 2 is 2.00 bits per heavy atom. The fourth-order valence-electron chi connectivity index (χ4n) is 3.20. The van der Waals surface area contributed by atoms with Crippen LogP contribution in [-0.2, 0) is 16.0 Å². The molecule has 0 radical (unpaired) electrons. The minimum absolute atomic E-state index is 0.0233. The number of carboxylic acids is 1. The summed E-state index contributed by atoms with van der Waals surface area (Å²) in [5.74, 6) is -1.13. The second-order valence-electron chi connectivity index (χ2n) is 5.94. The van der Waals surface area contributed by atoms with Crippen LogP contribution in [0.3, 0.4) is 0 Å². The molecule has 0 saturated heterocycles. The molecule has 22 heavy (non-hydrogen) atoms. The lowest BCUT2D eigenvalue weighted by molar-refractivity contribution is -0.142. The quantitative estimate of drug-likeness (QED) is 0.793. The molecule has 5 nitrogen and oxygen atoms in total. The number of hydrogen-bond donors (Lipinski definition) is 3. The van der Waals surface area contributed by atoms with Crippen molar-refractivity contribution in [2.45, 2.75) is 38.1 Å². The Bertz CT molecular complexity index is 686. The number of carboxylic acid groups (broad SMARTS) is 1. The van der Waals surface area contributed by atoms with Crippen molar-refractivity contribution in [1.82, 2.24) is 10.3 Å². The van der Waals surface area contributed by atoms with Crippen molar-refractivity contribution in [2.24, 2.45) is 5.92 Å². The molecule has 116 valence electrons. The van der Waals surface area contributed by atoms with E-state index in [9.17, 15) is 14.7 Å². The van der Waals surface area contributed by atoms with Gasteiger partial charge in [-0.3, -0.25) is 4.79 Å². The van der Waals surface area contributed by atoms with Gasteiger partial charge in [-0.25, -0.2) is 4.79 Å². The van der Waals surface area contributed by atoms with Gasteiger partial charge in [-0.05, 0) is 24.5 Å². The molecular formula is C17H20N2O3. The summed E-state index contributed by atoms with van der Waals surface area (Å²) in [7, 11) is 0. The van der Waals surface area contributed by atoms with Crippen molar-refractivity contribution in [3.8, 4) is 0 Å². The van der Waals surface area contributed by atoms with Gasteiger partial charge in [0.2, 0.25) is 5.91 Å². The lowest BCUT2D eigenvalue weighted by Gasteiger charge is -2.17. The average Bonchev–Trinajstić information content (AvgIpc) is 3.16. The molecule has 1 saturated carbocycles. The Labute approximate surface area is 128 Å². The lowest BCUT2D eigenvalue weighted by Crippen LogP contribution is -2.44. The zero-order chi connectivity index (χ0) is 15.5. The smallest absolute Gasteiger partial charge is 0.326 e. The van der Waals surface area contributed by atoms with Crippen molar-refractivity contribution < 1.29 is 14.7 Å². The van der Waals surface area contributed by atoms with Crippen LogP contribution in [-0.4, -0.2) is 28.0 Å². The molecule has 1 amide bonds. The van der Waals surface area contributed by atoms with E-state index >= 15 is 0 Å². The number of aliphatic carboxylic acids is 1. The molecule has 0 spiro atoms. The van der Waals surface area contributed by atoms with E-state index in [4.69, 9.17) is 0 Å². The highest BCUT2D eigenvalue weighted by Gasteiger charge is 2.28. The normalized spacial score (nSPS) is 16.7. The zero-order valence-electron chi connectivity index (χ0n) is 12.3. The lowest BCUT2D eigenvalue weighted by atomic mass is 10.0. The van der Waals surface area contributed by atoms with Crippen LogP contribution >= 0.6 is 0 Å². The summed E-state index contributed by atoms with van der Waals surface area (Å²) in [4.78, 5) is 26.8. The van der Waals surface area contributed by atoms with Crippen molar-refractivity contribution in [3.05, 3.63) is 36.0 Å². The van der Waals surface area contributed by atoms with Gasteiger partial charge in [0.25, 0.3) is 0 Å². The molecule has 5 heteroatoms. The highest BCUT2D eigenvalue weighted by atomic mass is 16.4. The van der Waals surface area contributed by atoms with Gasteiger partial charge >= 0.3 is 5.97 Å². The summed E-state index contributed by atoms with van der Waals surface area (Å²) in [5.41, 5.74) is 1.89. The molecular weight excluding hydrogens is 280 g/mol. The summed E-state index contributed by atoms with van der Waals surface area (Å²) in [5, 5.41) is 13.1. The molecule has 1 heterocycles. The first-order chi connectivity index (χ1) is 10.6. The van der Waals surface area contributed by atoms with E-state index in [2.05, 4.69) is 10.3 Å². The third-order valence-corrected chi connectivity index (χ3v) is 4.44. The van der Waals surface area contributed by atoms with Crippen molar-refractivity contribution >= 4 is 22.8 Å². The summed E-state index contributed by atoms with van der Waals surface area (Å²) in [6.07, 6.45) is 5.95. The van der Waals surface area contributed by atoms with Gasteiger partial charge in [0.15, 0.2) is 0 Å². The predicted molar refractivity (Wildman–Crippen MR) is 83.5 cm³/mol. The summed E-state index contributed by atoms with van der Waals surface area (Å²) in [6.45, 7) is 0. The number of aromatic amines is 1. The molecule has 0 bridgehead atoms. The Hall–Kier alpha value is -2.30. The van der Waals surface area contributed by atoms with Crippen LogP contribution in [0.4, 0.5) is 0 Å². The molecule has 1 atom stereocenters. The molecule has 0 aliphatic heterocycles. The number of nitrogens with one attached hydrogen (secondary N) is 2. The van der Waals surface area contributed by atoms with Crippen molar-refractivity contribution in [1.29, 1.82) is 0 Å². The minimum Gasteiger partial charge on any atom is -0.480 e. The number of aromatic nitrogens is 1. The molecule has 2 aromatic rings. The van der Waals surface area contributed by atoms with Crippen LogP contribution in [0, 0.1) is 5.92 Å². The predicted octanol–water partition coefficient (Wildman–Crippen LogP) is 2.47. The largest absolute Gasteiger partial charge is 0.480 e. The van der Waals surface area contributed by atoms with Crippen LogP contribution in [0.15, 0.2) is 30.5 Å². The van der Waals surface area contributed by atoms with Gasteiger partial charge < -0.3 is 15.4 Å². The Morgan fingerprint density at radius 1 is 1.27 bits per heavy atom. The van der Waals surface area contributed by atoms with Crippen molar-refractivity contribution in [3.63, 3.8) is 0 Å². The number of carbonyl (C=O) groups is 2. The van der Waals surface area contributed by atoms with Gasteiger partial charge in [-0.15, -0.1) is 0 Å². The zero-order valence-corrected chi connectivity index (χ0v) is 12.3. The molecule has 1 aromatic carbocycles. The molecule has 1 aliphatic rings. The molecule has 0 unspecified atom stereocenters. The molecule has 3 N–H and O–H groups in total. The first kappa shape index (κ1) is 14.6. The SMILES string of the molecule is O=C(N[C@@H](Cc1c[nH]c2ccccc12)C(=O)O)C1CCCC1.